The van der Waals surface area contributed by atoms with Crippen LogP contribution in [0.1, 0.15) is 93.4 Å². The molecule has 1 saturated heterocycles. The number of urea groups is 1. The predicted molar refractivity (Wildman–Crippen MR) is 159 cm³/mol. The lowest BCUT2D eigenvalue weighted by atomic mass is 9.79. The molecule has 1 heterocycles. The van der Waals surface area contributed by atoms with Crippen LogP contribution in [-0.4, -0.2) is 77.2 Å². The number of carbonyl (C=O) groups is 6. The number of amides is 5. The van der Waals surface area contributed by atoms with Crippen molar-refractivity contribution in [2.75, 3.05) is 6.54 Å². The molecule has 0 bridgehead atoms. The Morgan fingerprint density at radius 2 is 1.53 bits per heavy atom. The van der Waals surface area contributed by atoms with Gasteiger partial charge in [0.25, 0.3) is 5.91 Å². The van der Waals surface area contributed by atoms with Crippen LogP contribution < -0.4 is 21.7 Å². The first-order valence-corrected chi connectivity index (χ1v) is 15.7. The number of hydrogen-bond donors (Lipinski definition) is 4. The topological polar surface area (TPSA) is 177 Å². The third-order valence-electron chi connectivity index (χ3n) is 8.91. The molecule has 3 fully saturated rings. The molecule has 0 aromatic rings. The first-order chi connectivity index (χ1) is 20.0. The van der Waals surface area contributed by atoms with Crippen LogP contribution in [0.3, 0.4) is 0 Å². The summed E-state index contributed by atoms with van der Waals surface area (Å²) in [6, 6.07) is -4.44. The zero-order valence-corrected chi connectivity index (χ0v) is 26.7. The van der Waals surface area contributed by atoms with Gasteiger partial charge < -0.3 is 31.3 Å². The van der Waals surface area contributed by atoms with Crippen LogP contribution in [0.2, 0.25) is 0 Å². The van der Waals surface area contributed by atoms with E-state index in [1.54, 1.807) is 13.8 Å². The molecule has 1 unspecified atom stereocenters. The molecule has 3 aliphatic rings. The number of nitrogens with zero attached hydrogens (tertiary/aromatic N) is 1. The Morgan fingerprint density at radius 1 is 0.907 bits per heavy atom. The molecule has 242 valence electrons. The molecule has 5 N–H and O–H groups in total. The fraction of sp³-hybridized carbons (Fsp3) is 0.806. The summed E-state index contributed by atoms with van der Waals surface area (Å²) in [5, 5.41) is 8.26. The SMILES string of the molecule is CC(C)OC(=O)[C@@H](NC(=O)N[C@H](C(=O)N1C[C@H](C(C)C)C[C@H]1C(=O)NC(CC1CC1)C(=O)C(N)=O)C(C)(C)C)C1CCC1. The molecule has 0 aromatic heterocycles. The van der Waals surface area contributed by atoms with Crippen LogP contribution in [-0.2, 0) is 28.7 Å². The zero-order valence-electron chi connectivity index (χ0n) is 26.7. The third kappa shape index (κ3) is 9.15. The van der Waals surface area contributed by atoms with Gasteiger partial charge in [-0.1, -0.05) is 53.9 Å². The van der Waals surface area contributed by atoms with E-state index in [-0.39, 0.29) is 29.8 Å². The molecule has 2 saturated carbocycles. The van der Waals surface area contributed by atoms with Gasteiger partial charge in [0.1, 0.15) is 18.1 Å². The summed E-state index contributed by atoms with van der Waals surface area (Å²) in [5.41, 5.74) is 4.52. The van der Waals surface area contributed by atoms with Crippen LogP contribution in [0.25, 0.3) is 0 Å². The van der Waals surface area contributed by atoms with Crippen LogP contribution in [0.4, 0.5) is 4.79 Å². The second kappa shape index (κ2) is 14.1. The van der Waals surface area contributed by atoms with Gasteiger partial charge in [0.15, 0.2) is 0 Å². The zero-order chi connectivity index (χ0) is 32.2. The summed E-state index contributed by atoms with van der Waals surface area (Å²) in [6.45, 7) is 13.3. The Labute approximate surface area is 255 Å². The van der Waals surface area contributed by atoms with Crippen molar-refractivity contribution in [1.29, 1.82) is 0 Å². The van der Waals surface area contributed by atoms with E-state index < -0.39 is 65.1 Å². The molecule has 2 aliphatic carbocycles. The van der Waals surface area contributed by atoms with Gasteiger partial charge in [-0.3, -0.25) is 19.2 Å². The highest BCUT2D eigenvalue weighted by Gasteiger charge is 2.47. The average molecular weight is 606 g/mol. The number of rotatable bonds is 13. The summed E-state index contributed by atoms with van der Waals surface area (Å²) in [5.74, 6) is -3.02. The first-order valence-electron chi connectivity index (χ1n) is 15.7. The summed E-state index contributed by atoms with van der Waals surface area (Å²) < 4.78 is 5.38. The molecule has 12 heteroatoms. The van der Waals surface area contributed by atoms with E-state index >= 15 is 0 Å². The van der Waals surface area contributed by atoms with Crippen molar-refractivity contribution in [2.45, 2.75) is 124 Å². The Morgan fingerprint density at radius 3 is 2.00 bits per heavy atom. The molecule has 5 amide bonds. The molecule has 3 rings (SSSR count). The van der Waals surface area contributed by atoms with Crippen molar-refractivity contribution in [3.8, 4) is 0 Å². The van der Waals surface area contributed by atoms with Gasteiger partial charge >= 0.3 is 12.0 Å². The standard InChI is InChI=1S/C31H51N5O7/c1-16(2)20-14-22(27(39)33-21(13-18-11-12-18)24(37)26(32)38)36(15-20)28(40)25(31(5,6)7)35-30(42)34-23(19-9-8-10-19)29(41)43-17(3)4/h16-23,25H,8-15H2,1-7H3,(H2,32,38)(H,33,39)(H2,34,35,42)/t20-,21?,22+,23+,25-/m1/s1. The molecular weight excluding hydrogens is 554 g/mol. The molecule has 1 aliphatic heterocycles. The molecule has 12 nitrogen and oxygen atoms in total. The Bertz CT molecular complexity index is 1080. The molecular formula is C31H51N5O7. The van der Waals surface area contributed by atoms with E-state index in [1.807, 2.05) is 34.6 Å². The van der Waals surface area contributed by atoms with E-state index in [0.717, 1.165) is 32.1 Å². The largest absolute Gasteiger partial charge is 0.461 e. The van der Waals surface area contributed by atoms with Gasteiger partial charge in [-0.15, -0.1) is 0 Å². The number of ketones is 1. The van der Waals surface area contributed by atoms with Crippen LogP contribution in [0.15, 0.2) is 0 Å². The summed E-state index contributed by atoms with van der Waals surface area (Å²) in [6.07, 6.45) is 4.75. The van der Waals surface area contributed by atoms with Crippen molar-refractivity contribution >= 4 is 35.5 Å². The van der Waals surface area contributed by atoms with Gasteiger partial charge in [0.05, 0.1) is 12.1 Å². The normalized spacial score (nSPS) is 22.8. The number of Topliss-reactive ketones (excluding diaryl/α,β-unsaturated/α-hetero) is 1. The van der Waals surface area contributed by atoms with Crippen molar-refractivity contribution in [1.82, 2.24) is 20.9 Å². The van der Waals surface area contributed by atoms with Crippen molar-refractivity contribution in [2.24, 2.45) is 34.8 Å². The van der Waals surface area contributed by atoms with E-state index in [9.17, 15) is 28.8 Å². The molecule has 5 atom stereocenters. The van der Waals surface area contributed by atoms with E-state index in [2.05, 4.69) is 16.0 Å². The van der Waals surface area contributed by atoms with Crippen molar-refractivity contribution in [3.05, 3.63) is 0 Å². The van der Waals surface area contributed by atoms with Gasteiger partial charge in [-0.2, -0.15) is 0 Å². The second-order valence-corrected chi connectivity index (χ2v) is 14.3. The number of ether oxygens (including phenoxy) is 1. The minimum atomic E-state index is -1.11. The average Bonchev–Trinajstić information content (AvgIpc) is 3.56. The Hall–Kier alpha value is -3.18. The lowest BCUT2D eigenvalue weighted by Crippen LogP contribution is -2.61. The predicted octanol–water partition coefficient (Wildman–Crippen LogP) is 2.03. The second-order valence-electron chi connectivity index (χ2n) is 14.3. The van der Waals surface area contributed by atoms with E-state index in [0.29, 0.717) is 19.4 Å². The highest BCUT2D eigenvalue weighted by atomic mass is 16.5. The quantitative estimate of drug-likeness (QED) is 0.183. The summed E-state index contributed by atoms with van der Waals surface area (Å²) >= 11 is 0. The highest BCUT2D eigenvalue weighted by Crippen LogP contribution is 2.35. The maximum atomic E-state index is 14.2. The van der Waals surface area contributed by atoms with Crippen molar-refractivity contribution < 1.29 is 33.5 Å². The fourth-order valence-corrected chi connectivity index (χ4v) is 5.78. The van der Waals surface area contributed by atoms with Crippen molar-refractivity contribution in [3.63, 3.8) is 0 Å². The van der Waals surface area contributed by atoms with E-state index in [1.165, 1.54) is 4.90 Å². The van der Waals surface area contributed by atoms with Gasteiger partial charge in [0.2, 0.25) is 17.6 Å². The monoisotopic (exact) mass is 605 g/mol. The van der Waals surface area contributed by atoms with Gasteiger partial charge in [0, 0.05) is 6.54 Å². The number of nitrogens with one attached hydrogen (secondary N) is 3. The molecule has 0 radical (unpaired) electrons. The Kier molecular flexibility index (Phi) is 11.2. The number of likely N-dealkylation sites (tertiary alicyclic amines) is 1. The number of esters is 1. The first kappa shape index (κ1) is 34.3. The smallest absolute Gasteiger partial charge is 0.329 e. The summed E-state index contributed by atoms with van der Waals surface area (Å²) in [4.78, 5) is 79.5. The van der Waals surface area contributed by atoms with Gasteiger partial charge in [-0.25, -0.2) is 9.59 Å². The maximum absolute atomic E-state index is 14.2. The minimum Gasteiger partial charge on any atom is -0.461 e. The molecule has 0 spiro atoms. The number of carbonyl (C=O) groups excluding carboxylic acids is 6. The highest BCUT2D eigenvalue weighted by molar-refractivity contribution is 6.37. The molecule has 43 heavy (non-hydrogen) atoms. The minimum absolute atomic E-state index is 0.0108. The maximum Gasteiger partial charge on any atom is 0.329 e. The van der Waals surface area contributed by atoms with E-state index in [4.69, 9.17) is 10.5 Å². The van der Waals surface area contributed by atoms with Gasteiger partial charge in [-0.05, 0) is 68.6 Å². The number of nitrogens with two attached hydrogens (primary N) is 1. The number of primary amides is 1. The fourth-order valence-electron chi connectivity index (χ4n) is 5.78. The van der Waals surface area contributed by atoms with Crippen LogP contribution in [0.5, 0.6) is 0 Å². The Balaban J connectivity index is 1.79. The summed E-state index contributed by atoms with van der Waals surface area (Å²) in [7, 11) is 0. The lowest BCUT2D eigenvalue weighted by Gasteiger charge is -2.37. The number of hydrogen-bond acceptors (Lipinski definition) is 7. The molecule has 0 aromatic carbocycles. The van der Waals surface area contributed by atoms with Crippen LogP contribution >= 0.6 is 0 Å². The van der Waals surface area contributed by atoms with Crippen LogP contribution in [0, 0.1) is 29.1 Å². The third-order valence-corrected chi connectivity index (χ3v) is 8.91. The lowest BCUT2D eigenvalue weighted by molar-refractivity contribution is -0.152.